The lowest BCUT2D eigenvalue weighted by atomic mass is 10.0. The Bertz CT molecular complexity index is 671. The number of H-pyrrole nitrogens is 1. The Morgan fingerprint density at radius 2 is 1.71 bits per heavy atom. The summed E-state index contributed by atoms with van der Waals surface area (Å²) in [5.41, 5.74) is 8.72. The van der Waals surface area contributed by atoms with E-state index in [1.54, 1.807) is 12.1 Å². The van der Waals surface area contributed by atoms with Crippen molar-refractivity contribution in [3.8, 4) is 16.9 Å². The second-order valence-corrected chi connectivity index (χ2v) is 3.92. The van der Waals surface area contributed by atoms with Gasteiger partial charge in [-0.3, -0.25) is 5.10 Å². The van der Waals surface area contributed by atoms with Crippen molar-refractivity contribution in [2.45, 2.75) is 0 Å². The van der Waals surface area contributed by atoms with E-state index >= 15 is 0 Å². The predicted molar refractivity (Wildman–Crippen MR) is 67.6 cm³/mol. The fourth-order valence-electron chi connectivity index (χ4n) is 1.87. The molecule has 0 aliphatic rings. The van der Waals surface area contributed by atoms with Crippen LogP contribution in [0.2, 0.25) is 0 Å². The summed E-state index contributed by atoms with van der Waals surface area (Å²) in [5.74, 6) is 0.776. The molecule has 2 aromatic carbocycles. The molecule has 0 amide bonds. The molecule has 3 rings (SSSR count). The molecule has 0 aliphatic carbocycles. The lowest BCUT2D eigenvalue weighted by molar-refractivity contribution is 0.475. The molecule has 3 aromatic rings. The summed E-state index contributed by atoms with van der Waals surface area (Å²) >= 11 is 0. The topological polar surface area (TPSA) is 74.9 Å². The Hall–Kier alpha value is -2.49. The first-order valence-electron chi connectivity index (χ1n) is 5.27. The average molecular weight is 225 g/mol. The van der Waals surface area contributed by atoms with E-state index in [4.69, 9.17) is 5.73 Å². The number of nitrogens with zero attached hydrogens (tertiary/aromatic N) is 1. The normalized spacial score (nSPS) is 10.8. The Morgan fingerprint density at radius 1 is 1.00 bits per heavy atom. The maximum absolute atomic E-state index is 9.25. The number of hydrogen-bond donors (Lipinski definition) is 3. The molecule has 4 N–H and O–H groups in total. The van der Waals surface area contributed by atoms with Crippen molar-refractivity contribution in [1.29, 1.82) is 0 Å². The molecular formula is C13H11N3O. The van der Waals surface area contributed by atoms with E-state index in [1.165, 1.54) is 0 Å². The van der Waals surface area contributed by atoms with Gasteiger partial charge in [-0.05, 0) is 35.4 Å². The molecule has 0 bridgehead atoms. The van der Waals surface area contributed by atoms with E-state index in [0.29, 0.717) is 5.82 Å². The van der Waals surface area contributed by atoms with Gasteiger partial charge in [0, 0.05) is 5.39 Å². The molecule has 4 heteroatoms. The van der Waals surface area contributed by atoms with Gasteiger partial charge in [0.25, 0.3) is 0 Å². The third kappa shape index (κ3) is 1.59. The van der Waals surface area contributed by atoms with Crippen LogP contribution < -0.4 is 5.73 Å². The zero-order valence-corrected chi connectivity index (χ0v) is 9.01. The highest BCUT2D eigenvalue weighted by Crippen LogP contribution is 2.26. The van der Waals surface area contributed by atoms with Crippen molar-refractivity contribution in [3.05, 3.63) is 42.5 Å². The monoisotopic (exact) mass is 225 g/mol. The number of anilines is 1. The fraction of sp³-hybridized carbons (Fsp3) is 0. The van der Waals surface area contributed by atoms with Gasteiger partial charge in [0.2, 0.25) is 0 Å². The molecule has 4 nitrogen and oxygen atoms in total. The van der Waals surface area contributed by atoms with Gasteiger partial charge in [-0.15, -0.1) is 0 Å². The van der Waals surface area contributed by atoms with Gasteiger partial charge in [-0.25, -0.2) is 0 Å². The smallest absolute Gasteiger partial charge is 0.153 e. The van der Waals surface area contributed by atoms with Crippen LogP contribution in [0.1, 0.15) is 0 Å². The first-order chi connectivity index (χ1) is 8.24. The molecule has 0 fully saturated rings. The maximum Gasteiger partial charge on any atom is 0.153 e. The van der Waals surface area contributed by atoms with Crippen molar-refractivity contribution in [3.63, 3.8) is 0 Å². The fourth-order valence-corrected chi connectivity index (χ4v) is 1.87. The molecule has 0 spiro atoms. The third-order valence-electron chi connectivity index (χ3n) is 2.79. The number of aromatic hydroxyl groups is 1. The summed E-state index contributed by atoms with van der Waals surface area (Å²) in [7, 11) is 0. The second kappa shape index (κ2) is 3.52. The number of benzene rings is 2. The van der Waals surface area contributed by atoms with E-state index in [9.17, 15) is 5.11 Å². The standard InChI is InChI=1S/C13H11N3O/c14-13-11-6-3-9(7-12(11)15-16-13)8-1-4-10(17)5-2-8/h1-7,17H,(H3,14,15,16). The van der Waals surface area contributed by atoms with E-state index < -0.39 is 0 Å². The van der Waals surface area contributed by atoms with Gasteiger partial charge >= 0.3 is 0 Å². The quantitative estimate of drug-likeness (QED) is 0.595. The Kier molecular flexibility index (Phi) is 2.01. The predicted octanol–water partition coefficient (Wildman–Crippen LogP) is 2.52. The minimum Gasteiger partial charge on any atom is -0.508 e. The summed E-state index contributed by atoms with van der Waals surface area (Å²) in [6.07, 6.45) is 0. The van der Waals surface area contributed by atoms with Crippen molar-refractivity contribution < 1.29 is 5.11 Å². The van der Waals surface area contributed by atoms with Gasteiger partial charge in [-0.2, -0.15) is 5.10 Å². The van der Waals surface area contributed by atoms with Gasteiger partial charge in [0.1, 0.15) is 5.75 Å². The molecule has 17 heavy (non-hydrogen) atoms. The summed E-state index contributed by atoms with van der Waals surface area (Å²) in [6, 6.07) is 13.0. The van der Waals surface area contributed by atoms with Crippen molar-refractivity contribution >= 4 is 16.7 Å². The second-order valence-electron chi connectivity index (χ2n) is 3.92. The molecule has 0 atom stereocenters. The molecule has 1 aromatic heterocycles. The number of nitrogens with one attached hydrogen (secondary N) is 1. The molecule has 0 saturated carbocycles. The van der Waals surface area contributed by atoms with Crippen LogP contribution >= 0.6 is 0 Å². The van der Waals surface area contributed by atoms with E-state index in [1.807, 2.05) is 30.3 Å². The van der Waals surface area contributed by atoms with Crippen LogP contribution in [0, 0.1) is 0 Å². The number of fused-ring (bicyclic) bond motifs is 1. The van der Waals surface area contributed by atoms with Gasteiger partial charge in [-0.1, -0.05) is 18.2 Å². The maximum atomic E-state index is 9.25. The average Bonchev–Trinajstić information content (AvgIpc) is 2.72. The highest BCUT2D eigenvalue weighted by Gasteiger charge is 2.04. The van der Waals surface area contributed by atoms with Gasteiger partial charge < -0.3 is 10.8 Å². The highest BCUT2D eigenvalue weighted by atomic mass is 16.3. The highest BCUT2D eigenvalue weighted by molar-refractivity contribution is 5.91. The Labute approximate surface area is 97.7 Å². The Morgan fingerprint density at radius 3 is 2.47 bits per heavy atom. The number of phenolic OH excluding ortho intramolecular Hbond substituents is 1. The van der Waals surface area contributed by atoms with Crippen LogP contribution in [-0.4, -0.2) is 15.3 Å². The zero-order chi connectivity index (χ0) is 11.8. The Balaban J connectivity index is 2.14. The van der Waals surface area contributed by atoms with Crippen LogP contribution in [0.3, 0.4) is 0 Å². The van der Waals surface area contributed by atoms with Crippen LogP contribution in [0.15, 0.2) is 42.5 Å². The zero-order valence-electron chi connectivity index (χ0n) is 9.01. The lowest BCUT2D eigenvalue weighted by Crippen LogP contribution is -1.83. The number of aromatic nitrogens is 2. The van der Waals surface area contributed by atoms with Gasteiger partial charge in [0.05, 0.1) is 5.52 Å². The number of phenols is 1. The van der Waals surface area contributed by atoms with Crippen molar-refractivity contribution in [2.24, 2.45) is 0 Å². The number of nitrogens with two attached hydrogens (primary N) is 1. The van der Waals surface area contributed by atoms with E-state index in [-0.39, 0.29) is 5.75 Å². The molecular weight excluding hydrogens is 214 g/mol. The lowest BCUT2D eigenvalue weighted by Gasteiger charge is -2.02. The summed E-state index contributed by atoms with van der Waals surface area (Å²) in [4.78, 5) is 0. The van der Waals surface area contributed by atoms with Crippen LogP contribution in [0.25, 0.3) is 22.0 Å². The largest absolute Gasteiger partial charge is 0.508 e. The minimum absolute atomic E-state index is 0.264. The molecule has 0 saturated heterocycles. The van der Waals surface area contributed by atoms with Gasteiger partial charge in [0.15, 0.2) is 5.82 Å². The molecule has 0 unspecified atom stereocenters. The molecule has 0 radical (unpaired) electrons. The number of rotatable bonds is 1. The molecule has 0 aliphatic heterocycles. The number of aromatic amines is 1. The minimum atomic E-state index is 0.264. The van der Waals surface area contributed by atoms with Crippen molar-refractivity contribution in [2.75, 3.05) is 5.73 Å². The number of hydrogen-bond acceptors (Lipinski definition) is 3. The summed E-state index contributed by atoms with van der Waals surface area (Å²) in [6.45, 7) is 0. The van der Waals surface area contributed by atoms with Crippen LogP contribution in [0.5, 0.6) is 5.75 Å². The first-order valence-corrected chi connectivity index (χ1v) is 5.27. The summed E-state index contributed by atoms with van der Waals surface area (Å²) < 4.78 is 0. The molecule has 84 valence electrons. The first kappa shape index (κ1) is 9.72. The van der Waals surface area contributed by atoms with Crippen molar-refractivity contribution in [1.82, 2.24) is 10.2 Å². The SMILES string of the molecule is Nc1n[nH]c2cc(-c3ccc(O)cc3)ccc12. The third-order valence-corrected chi connectivity index (χ3v) is 2.79. The van der Waals surface area contributed by atoms with Crippen LogP contribution in [-0.2, 0) is 0 Å². The van der Waals surface area contributed by atoms with Crippen LogP contribution in [0.4, 0.5) is 5.82 Å². The van der Waals surface area contributed by atoms with E-state index in [2.05, 4.69) is 10.2 Å². The summed E-state index contributed by atoms with van der Waals surface area (Å²) in [5, 5.41) is 17.0. The number of nitrogen functional groups attached to an aromatic ring is 1. The molecule has 1 heterocycles. The van der Waals surface area contributed by atoms with E-state index in [0.717, 1.165) is 22.0 Å².